The first-order valence-electron chi connectivity index (χ1n) is 9.61. The number of carbonyl (C=O) groups excluding carboxylic acids is 1. The number of ether oxygens (including phenoxy) is 2. The van der Waals surface area contributed by atoms with E-state index in [-0.39, 0.29) is 29.0 Å². The Morgan fingerprint density at radius 2 is 1.65 bits per heavy atom. The van der Waals surface area contributed by atoms with Crippen molar-refractivity contribution in [3.63, 3.8) is 0 Å². The van der Waals surface area contributed by atoms with Gasteiger partial charge in [0.15, 0.2) is 5.78 Å². The Morgan fingerprint density at radius 1 is 0.968 bits per heavy atom. The summed E-state index contributed by atoms with van der Waals surface area (Å²) in [6.45, 7) is -0.690. The lowest BCUT2D eigenvalue weighted by Gasteiger charge is -2.40. The van der Waals surface area contributed by atoms with Crippen LogP contribution in [0.5, 0.6) is 23.0 Å². The fraction of sp³-hybridized carbons (Fsp3) is 0.381. The number of carbonyl (C=O) groups is 1. The second-order valence-corrected chi connectivity index (χ2v) is 7.61. The predicted octanol–water partition coefficient (Wildman–Crippen LogP) is 0.0248. The number of ketones is 1. The minimum atomic E-state index is -1.75. The molecule has 0 aromatic heterocycles. The fourth-order valence-electron chi connectivity index (χ4n) is 3.97. The molecule has 2 aromatic rings. The molecule has 0 amide bonds. The first-order valence-corrected chi connectivity index (χ1v) is 9.61. The second kappa shape index (κ2) is 7.98. The van der Waals surface area contributed by atoms with Crippen LogP contribution in [-0.4, -0.2) is 72.6 Å². The molecule has 7 N–H and O–H groups in total. The lowest BCUT2D eigenvalue weighted by Crippen LogP contribution is -2.55. The highest BCUT2D eigenvalue weighted by Gasteiger charge is 2.47. The molecule has 166 valence electrons. The minimum absolute atomic E-state index is 0.0470. The summed E-state index contributed by atoms with van der Waals surface area (Å²) >= 11 is 0. The maximum absolute atomic E-state index is 12.8. The zero-order valence-electron chi connectivity index (χ0n) is 16.1. The first kappa shape index (κ1) is 21.3. The third kappa shape index (κ3) is 3.58. The average Bonchev–Trinajstić information content (AvgIpc) is 2.73. The highest BCUT2D eigenvalue weighted by Crippen LogP contribution is 2.49. The van der Waals surface area contributed by atoms with Gasteiger partial charge in [-0.3, -0.25) is 4.79 Å². The van der Waals surface area contributed by atoms with Crippen LogP contribution in [0.15, 0.2) is 30.3 Å². The van der Waals surface area contributed by atoms with Gasteiger partial charge in [0.2, 0.25) is 0 Å². The Hall–Kier alpha value is -2.89. The van der Waals surface area contributed by atoms with Crippen LogP contribution in [-0.2, 0) is 4.74 Å². The standard InChI is InChI=1S/C21H22O10/c22-7-14-17(26)19(28)20(29)21(31-14)16-11(25)6-13-15(18(16)27)10(24)5-12(30-13)8-1-3-9(23)4-2-8/h1-4,6,12,14,17,19-23,25-29H,5,7H2/t12-,14-,17+,19-,20-,21+/m1/s1. The summed E-state index contributed by atoms with van der Waals surface area (Å²) in [7, 11) is 0. The number of hydrogen-bond acceptors (Lipinski definition) is 10. The molecule has 10 nitrogen and oxygen atoms in total. The van der Waals surface area contributed by atoms with Gasteiger partial charge in [0.25, 0.3) is 0 Å². The number of Topliss-reactive ketones (excluding diaryl/α,β-unsaturated/α-hetero) is 1. The quantitative estimate of drug-likeness (QED) is 0.348. The number of benzene rings is 2. The van der Waals surface area contributed by atoms with Gasteiger partial charge in [0.1, 0.15) is 65.2 Å². The van der Waals surface area contributed by atoms with E-state index in [1.807, 2.05) is 0 Å². The molecule has 0 unspecified atom stereocenters. The topological polar surface area (TPSA) is 177 Å². The predicted molar refractivity (Wildman–Crippen MR) is 103 cm³/mol. The molecule has 10 heteroatoms. The van der Waals surface area contributed by atoms with E-state index in [0.29, 0.717) is 5.56 Å². The lowest BCUT2D eigenvalue weighted by molar-refractivity contribution is -0.232. The Labute approximate surface area is 176 Å². The summed E-state index contributed by atoms with van der Waals surface area (Å²) in [4.78, 5) is 12.8. The molecule has 4 rings (SSSR count). The van der Waals surface area contributed by atoms with Crippen LogP contribution in [0, 0.1) is 0 Å². The smallest absolute Gasteiger partial charge is 0.174 e. The van der Waals surface area contributed by atoms with E-state index in [1.54, 1.807) is 12.1 Å². The third-order valence-electron chi connectivity index (χ3n) is 5.64. The minimum Gasteiger partial charge on any atom is -0.508 e. The van der Waals surface area contributed by atoms with Gasteiger partial charge in [0, 0.05) is 6.07 Å². The number of phenols is 3. The van der Waals surface area contributed by atoms with Crippen LogP contribution in [0.3, 0.4) is 0 Å². The van der Waals surface area contributed by atoms with Crippen molar-refractivity contribution in [1.82, 2.24) is 0 Å². The highest BCUT2D eigenvalue weighted by atomic mass is 16.5. The van der Waals surface area contributed by atoms with Gasteiger partial charge >= 0.3 is 0 Å². The molecular weight excluding hydrogens is 412 g/mol. The summed E-state index contributed by atoms with van der Waals surface area (Å²) in [5.41, 5.74) is 0.0178. The second-order valence-electron chi connectivity index (χ2n) is 7.61. The number of aromatic hydroxyl groups is 3. The number of aliphatic hydroxyl groups is 4. The van der Waals surface area contributed by atoms with E-state index >= 15 is 0 Å². The molecule has 0 bridgehead atoms. The van der Waals surface area contributed by atoms with Crippen LogP contribution in [0.2, 0.25) is 0 Å². The van der Waals surface area contributed by atoms with Gasteiger partial charge in [-0.05, 0) is 17.7 Å². The number of aliphatic hydroxyl groups excluding tert-OH is 4. The van der Waals surface area contributed by atoms with Crippen molar-refractivity contribution in [2.24, 2.45) is 0 Å². The molecule has 0 saturated carbocycles. The summed E-state index contributed by atoms with van der Waals surface area (Å²) in [6, 6.07) is 7.14. The van der Waals surface area contributed by atoms with Crippen molar-refractivity contribution in [2.75, 3.05) is 6.61 Å². The molecule has 1 saturated heterocycles. The SMILES string of the molecule is O=C1C[C@H](c2ccc(O)cc2)Oc2cc(O)c([C@@H]3O[C@H](CO)[C@H](O)[C@@H](O)[C@H]3O)c(O)c21. The Balaban J connectivity index is 1.72. The Kier molecular flexibility index (Phi) is 5.50. The van der Waals surface area contributed by atoms with Gasteiger partial charge in [-0.2, -0.15) is 0 Å². The fourth-order valence-corrected chi connectivity index (χ4v) is 3.97. The molecule has 0 radical (unpaired) electrons. The number of fused-ring (bicyclic) bond motifs is 1. The molecule has 6 atom stereocenters. The van der Waals surface area contributed by atoms with Crippen LogP contribution in [0.1, 0.15) is 40.1 Å². The average molecular weight is 434 g/mol. The zero-order valence-corrected chi connectivity index (χ0v) is 16.1. The Morgan fingerprint density at radius 3 is 2.29 bits per heavy atom. The van der Waals surface area contributed by atoms with E-state index < -0.39 is 60.5 Å². The largest absolute Gasteiger partial charge is 0.508 e. The van der Waals surface area contributed by atoms with Crippen molar-refractivity contribution in [3.05, 3.63) is 47.0 Å². The van der Waals surface area contributed by atoms with Crippen LogP contribution in [0.4, 0.5) is 0 Å². The molecule has 0 spiro atoms. The van der Waals surface area contributed by atoms with Crippen molar-refractivity contribution < 1.29 is 50.0 Å². The molecule has 2 aliphatic heterocycles. The van der Waals surface area contributed by atoms with E-state index in [0.717, 1.165) is 6.07 Å². The maximum atomic E-state index is 12.8. The number of hydrogen-bond donors (Lipinski definition) is 7. The maximum Gasteiger partial charge on any atom is 0.174 e. The van der Waals surface area contributed by atoms with Crippen molar-refractivity contribution in [1.29, 1.82) is 0 Å². The molecule has 2 heterocycles. The highest BCUT2D eigenvalue weighted by molar-refractivity contribution is 6.03. The van der Waals surface area contributed by atoms with E-state index in [2.05, 4.69) is 0 Å². The van der Waals surface area contributed by atoms with E-state index in [4.69, 9.17) is 9.47 Å². The van der Waals surface area contributed by atoms with E-state index in [1.165, 1.54) is 12.1 Å². The molecule has 1 fully saturated rings. The van der Waals surface area contributed by atoms with Gasteiger partial charge in [-0.15, -0.1) is 0 Å². The summed E-state index contributed by atoms with van der Waals surface area (Å²) < 4.78 is 11.2. The number of rotatable bonds is 3. The van der Waals surface area contributed by atoms with Crippen LogP contribution >= 0.6 is 0 Å². The van der Waals surface area contributed by atoms with Crippen molar-refractivity contribution in [2.45, 2.75) is 43.0 Å². The monoisotopic (exact) mass is 434 g/mol. The van der Waals surface area contributed by atoms with Gasteiger partial charge in [0.05, 0.1) is 18.6 Å². The van der Waals surface area contributed by atoms with Crippen LogP contribution in [0.25, 0.3) is 0 Å². The van der Waals surface area contributed by atoms with Gasteiger partial charge < -0.3 is 45.2 Å². The Bertz CT molecular complexity index is 987. The van der Waals surface area contributed by atoms with E-state index in [9.17, 15) is 40.5 Å². The molecular formula is C21H22O10. The zero-order chi connectivity index (χ0) is 22.4. The number of phenolic OH excluding ortho intramolecular Hbond substituents is 3. The summed E-state index contributed by atoms with van der Waals surface area (Å²) in [5, 5.41) is 70.4. The molecule has 2 aromatic carbocycles. The summed E-state index contributed by atoms with van der Waals surface area (Å²) in [6.07, 6.45) is -8.72. The normalized spacial score (nSPS) is 30.5. The summed E-state index contributed by atoms with van der Waals surface area (Å²) in [5.74, 6) is -1.79. The van der Waals surface area contributed by atoms with Crippen molar-refractivity contribution >= 4 is 5.78 Å². The first-order chi connectivity index (χ1) is 14.7. The third-order valence-corrected chi connectivity index (χ3v) is 5.64. The lowest BCUT2D eigenvalue weighted by atomic mass is 9.87. The van der Waals surface area contributed by atoms with Crippen LogP contribution < -0.4 is 4.74 Å². The van der Waals surface area contributed by atoms with Gasteiger partial charge in [-0.25, -0.2) is 0 Å². The molecule has 31 heavy (non-hydrogen) atoms. The van der Waals surface area contributed by atoms with Crippen molar-refractivity contribution in [3.8, 4) is 23.0 Å². The molecule has 0 aliphatic carbocycles. The molecule has 2 aliphatic rings. The van der Waals surface area contributed by atoms with Gasteiger partial charge in [-0.1, -0.05) is 12.1 Å².